The summed E-state index contributed by atoms with van der Waals surface area (Å²) in [5.41, 5.74) is 9.13. The van der Waals surface area contributed by atoms with Gasteiger partial charge >= 0.3 is 0 Å². The Bertz CT molecular complexity index is 693. The number of para-hydroxylation sites is 1. The lowest BCUT2D eigenvalue weighted by Crippen LogP contribution is -2.47. The van der Waals surface area contributed by atoms with Crippen LogP contribution in [0.15, 0.2) is 53.5 Å². The lowest BCUT2D eigenvalue weighted by atomic mass is 9.90. The van der Waals surface area contributed by atoms with Crippen LogP contribution in [-0.2, 0) is 5.54 Å². The van der Waals surface area contributed by atoms with Crippen molar-refractivity contribution >= 4 is 23.2 Å². The van der Waals surface area contributed by atoms with Crippen LogP contribution in [0.4, 0.5) is 5.69 Å². The second-order valence-corrected chi connectivity index (χ2v) is 6.01. The Morgan fingerprint density at radius 3 is 2.48 bits per heavy atom. The zero-order chi connectivity index (χ0) is 15.0. The van der Waals surface area contributed by atoms with Gasteiger partial charge in [0, 0.05) is 0 Å². The van der Waals surface area contributed by atoms with Gasteiger partial charge in [0.25, 0.3) is 0 Å². The van der Waals surface area contributed by atoms with Gasteiger partial charge in [0.05, 0.1) is 22.8 Å². The van der Waals surface area contributed by atoms with Crippen molar-refractivity contribution in [2.75, 3.05) is 11.4 Å². The number of hydrogen-bond donors (Lipinski definition) is 1. The molecule has 2 aromatic rings. The summed E-state index contributed by atoms with van der Waals surface area (Å²) < 4.78 is 0. The Balaban J connectivity index is 2.10. The quantitative estimate of drug-likeness (QED) is 0.918. The van der Waals surface area contributed by atoms with Crippen molar-refractivity contribution in [3.8, 4) is 0 Å². The molecule has 3 nitrogen and oxygen atoms in total. The fourth-order valence-electron chi connectivity index (χ4n) is 2.78. The zero-order valence-electron chi connectivity index (χ0n) is 12.2. The predicted octanol–water partition coefficient (Wildman–Crippen LogP) is 3.70. The van der Waals surface area contributed by atoms with Gasteiger partial charge in [-0.05, 0) is 31.5 Å². The smallest absolute Gasteiger partial charge is 0.196 e. The van der Waals surface area contributed by atoms with Crippen molar-refractivity contribution in [1.29, 1.82) is 0 Å². The van der Waals surface area contributed by atoms with Crippen LogP contribution in [0.1, 0.15) is 18.1 Å². The molecular weight excluding hydrogens is 282 g/mol. The molecule has 0 fully saturated rings. The van der Waals surface area contributed by atoms with Gasteiger partial charge in [0.15, 0.2) is 5.96 Å². The van der Waals surface area contributed by atoms with Crippen LogP contribution >= 0.6 is 11.6 Å². The van der Waals surface area contributed by atoms with Crippen molar-refractivity contribution in [1.82, 2.24) is 0 Å². The monoisotopic (exact) mass is 299 g/mol. The van der Waals surface area contributed by atoms with Gasteiger partial charge in [-0.25, -0.2) is 0 Å². The largest absolute Gasteiger partial charge is 0.369 e. The molecule has 2 N–H and O–H groups in total. The van der Waals surface area contributed by atoms with E-state index >= 15 is 0 Å². The topological polar surface area (TPSA) is 41.6 Å². The summed E-state index contributed by atoms with van der Waals surface area (Å²) in [4.78, 5) is 6.48. The number of aliphatic imine (C=N–C) groups is 1. The first-order valence-electron chi connectivity index (χ1n) is 6.94. The summed E-state index contributed by atoms with van der Waals surface area (Å²) in [6, 6.07) is 16.2. The highest BCUT2D eigenvalue weighted by Gasteiger charge is 2.41. The molecule has 1 unspecified atom stereocenters. The molecule has 0 radical (unpaired) electrons. The van der Waals surface area contributed by atoms with Crippen LogP contribution in [0.2, 0.25) is 5.02 Å². The molecule has 0 saturated carbocycles. The number of guanidine groups is 1. The van der Waals surface area contributed by atoms with Crippen LogP contribution in [-0.4, -0.2) is 12.5 Å². The summed E-state index contributed by atoms with van der Waals surface area (Å²) in [5.74, 6) is 0.506. The van der Waals surface area contributed by atoms with Gasteiger partial charge in [0.2, 0.25) is 0 Å². The van der Waals surface area contributed by atoms with Crippen LogP contribution in [0.3, 0.4) is 0 Å². The first-order valence-corrected chi connectivity index (χ1v) is 7.32. The summed E-state index contributed by atoms with van der Waals surface area (Å²) in [7, 11) is 0. The minimum atomic E-state index is -0.317. The maximum Gasteiger partial charge on any atom is 0.196 e. The Morgan fingerprint density at radius 1 is 1.14 bits per heavy atom. The number of nitrogens with two attached hydrogens (primary N) is 1. The number of rotatable bonds is 2. The average molecular weight is 300 g/mol. The average Bonchev–Trinajstić information content (AvgIpc) is 2.77. The lowest BCUT2D eigenvalue weighted by molar-refractivity contribution is 0.533. The molecule has 3 rings (SSSR count). The molecule has 4 heteroatoms. The van der Waals surface area contributed by atoms with Gasteiger partial charge in [0.1, 0.15) is 0 Å². The van der Waals surface area contributed by atoms with Crippen LogP contribution in [0.5, 0.6) is 0 Å². The molecule has 108 valence electrons. The molecule has 2 aromatic carbocycles. The van der Waals surface area contributed by atoms with Gasteiger partial charge in [-0.2, -0.15) is 0 Å². The normalized spacial score (nSPS) is 21.5. The molecule has 1 aliphatic rings. The van der Waals surface area contributed by atoms with Crippen molar-refractivity contribution in [2.24, 2.45) is 10.7 Å². The highest BCUT2D eigenvalue weighted by Crippen LogP contribution is 2.39. The summed E-state index contributed by atoms with van der Waals surface area (Å²) >= 11 is 6.36. The highest BCUT2D eigenvalue weighted by atomic mass is 35.5. The van der Waals surface area contributed by atoms with Gasteiger partial charge in [-0.1, -0.05) is 53.6 Å². The molecular formula is C17H18ClN3. The first-order chi connectivity index (χ1) is 10.0. The van der Waals surface area contributed by atoms with Gasteiger partial charge in [-0.3, -0.25) is 9.89 Å². The molecule has 1 heterocycles. The summed E-state index contributed by atoms with van der Waals surface area (Å²) in [6.07, 6.45) is 0. The van der Waals surface area contributed by atoms with Crippen LogP contribution in [0.25, 0.3) is 0 Å². The third-order valence-electron chi connectivity index (χ3n) is 4.04. The van der Waals surface area contributed by atoms with E-state index in [0.29, 0.717) is 17.5 Å². The molecule has 0 aliphatic carbocycles. The molecule has 21 heavy (non-hydrogen) atoms. The second kappa shape index (κ2) is 5.08. The summed E-state index contributed by atoms with van der Waals surface area (Å²) in [5, 5.41) is 0.677. The van der Waals surface area contributed by atoms with Crippen molar-refractivity contribution in [3.05, 3.63) is 64.7 Å². The van der Waals surface area contributed by atoms with E-state index in [4.69, 9.17) is 17.3 Å². The maximum atomic E-state index is 6.36. The Kier molecular flexibility index (Phi) is 3.38. The van der Waals surface area contributed by atoms with Crippen LogP contribution in [0, 0.1) is 6.92 Å². The second-order valence-electron chi connectivity index (χ2n) is 5.60. The highest BCUT2D eigenvalue weighted by molar-refractivity contribution is 6.34. The minimum Gasteiger partial charge on any atom is -0.369 e. The standard InChI is InChI=1S/C17H18ClN3/c1-12-7-9-13(10-8-12)17(2)11-20-16(19)21(17)15-6-4-3-5-14(15)18/h3-10H,11H2,1-2H3,(H2,19,20). The first kappa shape index (κ1) is 14.0. The molecule has 1 aliphatic heterocycles. The summed E-state index contributed by atoms with van der Waals surface area (Å²) in [6.45, 7) is 4.84. The van der Waals surface area contributed by atoms with Crippen LogP contribution < -0.4 is 10.6 Å². The zero-order valence-corrected chi connectivity index (χ0v) is 12.9. The van der Waals surface area contributed by atoms with Gasteiger partial charge in [-0.15, -0.1) is 0 Å². The molecule has 0 aromatic heterocycles. The van der Waals surface area contributed by atoms with Crippen molar-refractivity contribution in [2.45, 2.75) is 19.4 Å². The van der Waals surface area contributed by atoms with Crippen molar-refractivity contribution in [3.63, 3.8) is 0 Å². The number of halogens is 1. The van der Waals surface area contributed by atoms with E-state index in [-0.39, 0.29) is 5.54 Å². The number of anilines is 1. The third-order valence-corrected chi connectivity index (χ3v) is 4.36. The van der Waals surface area contributed by atoms with E-state index in [1.54, 1.807) is 0 Å². The Morgan fingerprint density at radius 2 is 1.81 bits per heavy atom. The molecule has 1 atom stereocenters. The Hall–Kier alpha value is -2.00. The maximum absolute atomic E-state index is 6.36. The van der Waals surface area contributed by atoms with E-state index in [1.807, 2.05) is 29.2 Å². The molecule has 0 spiro atoms. The van der Waals surface area contributed by atoms with E-state index in [0.717, 1.165) is 5.69 Å². The SMILES string of the molecule is Cc1ccc(C2(C)CN=C(N)N2c2ccccc2Cl)cc1. The lowest BCUT2D eigenvalue weighted by Gasteiger charge is -2.37. The van der Waals surface area contributed by atoms with E-state index in [2.05, 4.69) is 43.1 Å². The van der Waals surface area contributed by atoms with E-state index < -0.39 is 0 Å². The number of hydrogen-bond acceptors (Lipinski definition) is 3. The van der Waals surface area contributed by atoms with Crippen molar-refractivity contribution < 1.29 is 0 Å². The van der Waals surface area contributed by atoms with E-state index in [9.17, 15) is 0 Å². The predicted molar refractivity (Wildman–Crippen MR) is 89.0 cm³/mol. The fourth-order valence-corrected chi connectivity index (χ4v) is 3.00. The minimum absolute atomic E-state index is 0.317. The number of aryl methyl sites for hydroxylation is 1. The fraction of sp³-hybridized carbons (Fsp3) is 0.235. The molecule has 0 bridgehead atoms. The van der Waals surface area contributed by atoms with E-state index in [1.165, 1.54) is 11.1 Å². The Labute approximate surface area is 130 Å². The third kappa shape index (κ3) is 2.28. The molecule has 0 amide bonds. The number of benzene rings is 2. The number of nitrogens with zero attached hydrogens (tertiary/aromatic N) is 2. The molecule has 0 saturated heterocycles. The van der Waals surface area contributed by atoms with Gasteiger partial charge < -0.3 is 5.73 Å².